The number of hydrogen-bond acceptors (Lipinski definition) is 4. The SMILES string of the molecule is C=C(C)CC(=C)CC(=C)C.[OH][Ti]([OH])([OH])[OH]. The van der Waals surface area contributed by atoms with Gasteiger partial charge >= 0.3 is 32.9 Å². The van der Waals surface area contributed by atoms with Gasteiger partial charge in [0.05, 0.1) is 0 Å². The van der Waals surface area contributed by atoms with Crippen molar-refractivity contribution in [1.82, 2.24) is 0 Å². The normalized spacial score (nSPS) is 10.0. The van der Waals surface area contributed by atoms with Gasteiger partial charge in [0.15, 0.2) is 0 Å². The third kappa shape index (κ3) is 31.6. The predicted molar refractivity (Wildman–Crippen MR) is 56.9 cm³/mol. The summed E-state index contributed by atoms with van der Waals surface area (Å²) in [6.07, 6.45) is 1.87. The second kappa shape index (κ2) is 7.99. The van der Waals surface area contributed by atoms with Crippen LogP contribution in [0.25, 0.3) is 0 Å². The zero-order valence-corrected chi connectivity index (χ0v) is 10.9. The van der Waals surface area contributed by atoms with Crippen molar-refractivity contribution in [3.63, 3.8) is 0 Å². The quantitative estimate of drug-likeness (QED) is 0.448. The molecule has 0 bridgehead atoms. The zero-order chi connectivity index (χ0) is 12.6. The average Bonchev–Trinajstić information content (AvgIpc) is 1.76. The van der Waals surface area contributed by atoms with Gasteiger partial charge in [0.1, 0.15) is 0 Å². The van der Waals surface area contributed by atoms with Crippen LogP contribution in [0.5, 0.6) is 0 Å². The van der Waals surface area contributed by atoms with Crippen LogP contribution in [0.2, 0.25) is 0 Å². The van der Waals surface area contributed by atoms with E-state index in [1.54, 1.807) is 0 Å². The molecule has 0 aromatic carbocycles. The maximum atomic E-state index is 7.38. The third-order valence-electron chi connectivity index (χ3n) is 1.10. The fourth-order valence-electron chi connectivity index (χ4n) is 0.916. The van der Waals surface area contributed by atoms with E-state index in [0.717, 1.165) is 12.8 Å². The molecule has 0 saturated heterocycles. The summed E-state index contributed by atoms with van der Waals surface area (Å²) >= 11 is -5.00. The number of rotatable bonds is 4. The zero-order valence-electron chi connectivity index (χ0n) is 9.32. The monoisotopic (exact) mass is 252 g/mol. The Balaban J connectivity index is 0. The van der Waals surface area contributed by atoms with Gasteiger partial charge in [-0.15, -0.1) is 0 Å². The molecular formula is C10H20O4Ti. The first-order valence-corrected chi connectivity index (χ1v) is 7.16. The molecule has 0 amide bonds. The summed E-state index contributed by atoms with van der Waals surface area (Å²) < 4.78 is 29.5. The van der Waals surface area contributed by atoms with Gasteiger partial charge in [-0.2, -0.15) is 0 Å². The van der Waals surface area contributed by atoms with Crippen LogP contribution in [0.15, 0.2) is 36.5 Å². The molecule has 15 heavy (non-hydrogen) atoms. The molecule has 0 aliphatic rings. The molecule has 0 radical (unpaired) electrons. The topological polar surface area (TPSA) is 80.9 Å². The van der Waals surface area contributed by atoms with E-state index in [1.165, 1.54) is 16.7 Å². The molecule has 0 unspecified atom stereocenters. The molecular weight excluding hydrogens is 232 g/mol. The summed E-state index contributed by atoms with van der Waals surface area (Å²) in [5.41, 5.74) is 3.55. The summed E-state index contributed by atoms with van der Waals surface area (Å²) in [4.78, 5) is 0. The molecule has 88 valence electrons. The van der Waals surface area contributed by atoms with Crippen molar-refractivity contribution in [3.8, 4) is 0 Å². The molecule has 0 saturated carbocycles. The second-order valence-electron chi connectivity index (χ2n) is 3.62. The van der Waals surface area contributed by atoms with E-state index >= 15 is 0 Å². The van der Waals surface area contributed by atoms with Gasteiger partial charge < -0.3 is 0 Å². The minimum atomic E-state index is -5.00. The minimum absolute atomic E-state index is 0.937. The van der Waals surface area contributed by atoms with Gasteiger partial charge in [-0.3, -0.25) is 0 Å². The first-order valence-electron chi connectivity index (χ1n) is 4.37. The summed E-state index contributed by atoms with van der Waals surface area (Å²) in [7, 11) is 0. The van der Waals surface area contributed by atoms with E-state index in [-0.39, 0.29) is 0 Å². The Labute approximate surface area is 96.2 Å². The van der Waals surface area contributed by atoms with Crippen LogP contribution >= 0.6 is 0 Å². The maximum absolute atomic E-state index is 7.38. The van der Waals surface area contributed by atoms with Crippen LogP contribution in [-0.2, 0) is 18.1 Å². The molecule has 0 fully saturated rings. The summed E-state index contributed by atoms with van der Waals surface area (Å²) in [5.74, 6) is 0. The fourth-order valence-corrected chi connectivity index (χ4v) is 0.916. The Bertz CT molecular complexity index is 216. The van der Waals surface area contributed by atoms with Gasteiger partial charge in [0.25, 0.3) is 0 Å². The average molecular weight is 252 g/mol. The molecule has 4 N–H and O–H groups in total. The number of allylic oxidation sites excluding steroid dienone is 3. The van der Waals surface area contributed by atoms with E-state index < -0.39 is 18.1 Å². The molecule has 0 rings (SSSR count). The Hall–Kier alpha value is -0.226. The molecule has 0 atom stereocenters. The van der Waals surface area contributed by atoms with Crippen molar-refractivity contribution in [3.05, 3.63) is 36.5 Å². The van der Waals surface area contributed by atoms with Crippen LogP contribution in [0.3, 0.4) is 0 Å². The third-order valence-corrected chi connectivity index (χ3v) is 1.10. The Morgan fingerprint density at radius 3 is 1.20 bits per heavy atom. The van der Waals surface area contributed by atoms with Crippen molar-refractivity contribution >= 4 is 0 Å². The van der Waals surface area contributed by atoms with Gasteiger partial charge in [-0.05, 0) is 26.7 Å². The van der Waals surface area contributed by atoms with Crippen molar-refractivity contribution in [2.75, 3.05) is 0 Å². The molecule has 0 aromatic rings. The predicted octanol–water partition coefficient (Wildman–Crippen LogP) is 1.24. The van der Waals surface area contributed by atoms with E-state index in [9.17, 15) is 0 Å². The molecule has 0 heterocycles. The number of hydrogen-bond donors (Lipinski definition) is 4. The van der Waals surface area contributed by atoms with Crippen LogP contribution in [0, 0.1) is 0 Å². The summed E-state index contributed by atoms with van der Waals surface area (Å²) in [6, 6.07) is 0. The first-order chi connectivity index (χ1) is 6.52. The Kier molecular flexibility index (Phi) is 9.15. The van der Waals surface area contributed by atoms with E-state index in [4.69, 9.17) is 14.8 Å². The van der Waals surface area contributed by atoms with Crippen molar-refractivity contribution in [2.24, 2.45) is 0 Å². The summed E-state index contributed by atoms with van der Waals surface area (Å²) in [6.45, 7) is 15.6. The Morgan fingerprint density at radius 2 is 1.07 bits per heavy atom. The van der Waals surface area contributed by atoms with E-state index in [2.05, 4.69) is 19.7 Å². The van der Waals surface area contributed by atoms with Crippen LogP contribution in [-0.4, -0.2) is 14.8 Å². The van der Waals surface area contributed by atoms with Gasteiger partial charge in [0.2, 0.25) is 0 Å². The molecule has 0 aliphatic heterocycles. The van der Waals surface area contributed by atoms with Gasteiger partial charge in [0, 0.05) is 0 Å². The molecule has 0 spiro atoms. The Morgan fingerprint density at radius 1 is 0.867 bits per heavy atom. The van der Waals surface area contributed by atoms with E-state index in [1.807, 2.05) is 13.8 Å². The molecule has 5 heteroatoms. The molecule has 4 nitrogen and oxygen atoms in total. The van der Waals surface area contributed by atoms with E-state index in [0.29, 0.717) is 0 Å². The van der Waals surface area contributed by atoms with Gasteiger partial charge in [-0.1, -0.05) is 36.5 Å². The van der Waals surface area contributed by atoms with Crippen molar-refractivity contribution in [2.45, 2.75) is 26.7 Å². The standard InChI is InChI=1S/C10H16.4H2O.Ti/c1-8(2)6-10(5)7-9(3)4;;;;;/h1,3,5-7H2,2,4H3;4*1H2;/q;;;;;+4/p-4. The van der Waals surface area contributed by atoms with Crippen molar-refractivity contribution in [1.29, 1.82) is 0 Å². The fraction of sp³-hybridized carbons (Fsp3) is 0.400. The second-order valence-corrected chi connectivity index (χ2v) is 5.49. The van der Waals surface area contributed by atoms with Crippen LogP contribution < -0.4 is 0 Å². The first kappa shape index (κ1) is 17.2. The van der Waals surface area contributed by atoms with Gasteiger partial charge in [-0.25, -0.2) is 0 Å². The van der Waals surface area contributed by atoms with Crippen LogP contribution in [0.1, 0.15) is 26.7 Å². The van der Waals surface area contributed by atoms with Crippen molar-refractivity contribution < 1.29 is 32.9 Å². The molecule has 0 aromatic heterocycles. The summed E-state index contributed by atoms with van der Waals surface area (Å²) in [5, 5.41) is 0. The van der Waals surface area contributed by atoms with Crippen LogP contribution in [0.4, 0.5) is 0 Å². The molecule has 0 aliphatic carbocycles.